The van der Waals surface area contributed by atoms with Gasteiger partial charge in [-0.3, -0.25) is 0 Å². The van der Waals surface area contributed by atoms with Crippen molar-refractivity contribution in [3.63, 3.8) is 0 Å². The zero-order chi connectivity index (χ0) is 8.24. The third-order valence-electron chi connectivity index (χ3n) is 0.471. The molecule has 2 nitrogen and oxygen atoms in total. The molecule has 0 N–H and O–H groups in total. The van der Waals surface area contributed by atoms with Crippen LogP contribution in [-0.2, 0) is 9.47 Å². The van der Waals surface area contributed by atoms with E-state index in [0.29, 0.717) is 0 Å². The van der Waals surface area contributed by atoms with Gasteiger partial charge in [-0.2, -0.15) is 0 Å². The van der Waals surface area contributed by atoms with Gasteiger partial charge >= 0.3 is 0 Å². The minimum atomic E-state index is 0.806. The number of thioether (sulfide) groups is 2. The van der Waals surface area contributed by atoms with Crippen LogP contribution in [-0.4, -0.2) is 38.6 Å². The second-order valence-electron chi connectivity index (χ2n) is 1.39. The summed E-state index contributed by atoms with van der Waals surface area (Å²) in [5.74, 6) is 1.61. The highest BCUT2D eigenvalue weighted by Gasteiger charge is 1.65. The monoisotopic (exact) mass is 184 g/mol. The first kappa shape index (κ1) is 13.2. The third kappa shape index (κ3) is 23.4. The van der Waals surface area contributed by atoms with Gasteiger partial charge in [0.15, 0.2) is 0 Å². The fourth-order valence-electron chi connectivity index (χ4n) is 0.236. The maximum Gasteiger partial charge on any atom is 0.0914 e. The van der Waals surface area contributed by atoms with Crippen molar-refractivity contribution in [2.45, 2.75) is 0 Å². The molecule has 0 aliphatic carbocycles. The molecule has 0 unspecified atom stereocenters. The highest BCUT2D eigenvalue weighted by molar-refractivity contribution is 7.98. The van der Waals surface area contributed by atoms with Gasteiger partial charge < -0.3 is 9.47 Å². The molecule has 0 bridgehead atoms. The van der Waals surface area contributed by atoms with Crippen LogP contribution in [0.15, 0.2) is 0 Å². The third-order valence-corrected chi connectivity index (χ3v) is 1.41. The van der Waals surface area contributed by atoms with Gasteiger partial charge in [0.05, 0.1) is 11.9 Å². The van der Waals surface area contributed by atoms with Crippen LogP contribution < -0.4 is 0 Å². The Labute approximate surface area is 72.0 Å². The van der Waals surface area contributed by atoms with Crippen molar-refractivity contribution in [1.29, 1.82) is 0 Å². The first-order valence-electron chi connectivity index (χ1n) is 2.79. The highest BCUT2D eigenvalue weighted by atomic mass is 32.2. The Bertz CT molecular complexity index is 34.7. The van der Waals surface area contributed by atoms with E-state index in [2.05, 4.69) is 9.47 Å². The molecule has 0 radical (unpaired) electrons. The summed E-state index contributed by atoms with van der Waals surface area (Å²) < 4.78 is 9.31. The summed E-state index contributed by atoms with van der Waals surface area (Å²) in [5.41, 5.74) is 0. The van der Waals surface area contributed by atoms with Crippen molar-refractivity contribution in [3.05, 3.63) is 0 Å². The molecule has 10 heavy (non-hydrogen) atoms. The second kappa shape index (κ2) is 16.3. The summed E-state index contributed by atoms with van der Waals surface area (Å²) in [7, 11) is 3.38. The first-order valence-corrected chi connectivity index (χ1v) is 5.58. The number of rotatable bonds is 4. The van der Waals surface area contributed by atoms with Crippen molar-refractivity contribution < 1.29 is 9.47 Å². The molecule has 0 aliphatic rings. The predicted octanol–water partition coefficient (Wildman–Crippen LogP) is 1.91. The molecular weight excluding hydrogens is 168 g/mol. The quantitative estimate of drug-likeness (QED) is 0.621. The average molecular weight is 184 g/mol. The molecule has 4 heteroatoms. The van der Waals surface area contributed by atoms with Crippen LogP contribution in [0.3, 0.4) is 0 Å². The summed E-state index contributed by atoms with van der Waals surface area (Å²) >= 11 is 3.36. The van der Waals surface area contributed by atoms with E-state index in [0.717, 1.165) is 11.9 Å². The Kier molecular flexibility index (Phi) is 21.6. The fraction of sp³-hybridized carbons (Fsp3) is 1.00. The minimum absolute atomic E-state index is 0.806. The van der Waals surface area contributed by atoms with Crippen molar-refractivity contribution in [2.24, 2.45) is 0 Å². The Hall–Kier alpha value is 0.620. The lowest BCUT2D eigenvalue weighted by Gasteiger charge is -1.84. The van der Waals surface area contributed by atoms with E-state index in [1.807, 2.05) is 12.5 Å². The normalized spacial score (nSPS) is 8.40. The molecule has 0 aromatic carbocycles. The molecule has 0 fully saturated rings. The summed E-state index contributed by atoms with van der Waals surface area (Å²) in [5, 5.41) is 0. The summed E-state index contributed by atoms with van der Waals surface area (Å²) in [6.07, 6.45) is 4.01. The summed E-state index contributed by atoms with van der Waals surface area (Å²) in [6.45, 7) is 0. The van der Waals surface area contributed by atoms with E-state index in [1.165, 1.54) is 0 Å². The van der Waals surface area contributed by atoms with Crippen LogP contribution >= 0.6 is 23.5 Å². The molecule has 0 aromatic heterocycles. The van der Waals surface area contributed by atoms with Crippen LogP contribution in [0.4, 0.5) is 0 Å². The molecule has 0 heterocycles. The SMILES string of the molecule is COCSC.COCSC. The smallest absolute Gasteiger partial charge is 0.0914 e. The summed E-state index contributed by atoms with van der Waals surface area (Å²) in [4.78, 5) is 0. The molecule has 0 amide bonds. The summed E-state index contributed by atoms with van der Waals surface area (Å²) in [6, 6.07) is 0. The van der Waals surface area contributed by atoms with Crippen molar-refractivity contribution >= 4 is 23.5 Å². The van der Waals surface area contributed by atoms with Gasteiger partial charge in [-0.1, -0.05) is 0 Å². The fourth-order valence-corrected chi connectivity index (χ4v) is 0.707. The van der Waals surface area contributed by atoms with E-state index < -0.39 is 0 Å². The van der Waals surface area contributed by atoms with Crippen molar-refractivity contribution in [3.8, 4) is 0 Å². The molecular formula is C6H16O2S2. The Morgan fingerprint density at radius 1 is 0.900 bits per heavy atom. The lowest BCUT2D eigenvalue weighted by Crippen LogP contribution is -1.75. The largest absolute Gasteiger partial charge is 0.374 e. The molecule has 0 saturated carbocycles. The van der Waals surface area contributed by atoms with Crippen LogP contribution in [0.1, 0.15) is 0 Å². The van der Waals surface area contributed by atoms with Crippen LogP contribution in [0, 0.1) is 0 Å². The number of methoxy groups -OCH3 is 2. The highest BCUT2D eigenvalue weighted by Crippen LogP contribution is 1.87. The van der Waals surface area contributed by atoms with Gasteiger partial charge in [0, 0.05) is 14.2 Å². The topological polar surface area (TPSA) is 18.5 Å². The lowest BCUT2D eigenvalue weighted by molar-refractivity contribution is 0.259. The van der Waals surface area contributed by atoms with Gasteiger partial charge in [0.2, 0.25) is 0 Å². The van der Waals surface area contributed by atoms with Crippen LogP contribution in [0.5, 0.6) is 0 Å². The average Bonchev–Trinajstić information content (AvgIpc) is 1.93. The zero-order valence-electron chi connectivity index (χ0n) is 7.05. The van der Waals surface area contributed by atoms with Crippen molar-refractivity contribution in [1.82, 2.24) is 0 Å². The van der Waals surface area contributed by atoms with Gasteiger partial charge in [-0.25, -0.2) is 0 Å². The number of ether oxygens (including phenoxy) is 2. The van der Waals surface area contributed by atoms with E-state index in [-0.39, 0.29) is 0 Å². The molecule has 0 aliphatic heterocycles. The maximum absolute atomic E-state index is 4.65. The minimum Gasteiger partial charge on any atom is -0.374 e. The lowest BCUT2D eigenvalue weighted by atomic mass is 11.5. The first-order chi connectivity index (χ1) is 4.83. The van der Waals surface area contributed by atoms with Gasteiger partial charge in [0.1, 0.15) is 0 Å². The Morgan fingerprint density at radius 3 is 1.20 bits per heavy atom. The molecule has 0 atom stereocenters. The standard InChI is InChI=1S/2C3H8OS/c2*1-4-3-5-2/h2*3H2,1-2H3. The van der Waals surface area contributed by atoms with Crippen LogP contribution in [0.2, 0.25) is 0 Å². The molecule has 0 saturated heterocycles. The van der Waals surface area contributed by atoms with E-state index in [1.54, 1.807) is 37.7 Å². The predicted molar refractivity (Wildman–Crippen MR) is 50.8 cm³/mol. The zero-order valence-corrected chi connectivity index (χ0v) is 8.68. The van der Waals surface area contributed by atoms with Crippen molar-refractivity contribution in [2.75, 3.05) is 38.6 Å². The van der Waals surface area contributed by atoms with E-state index >= 15 is 0 Å². The van der Waals surface area contributed by atoms with E-state index in [4.69, 9.17) is 0 Å². The van der Waals surface area contributed by atoms with Crippen LogP contribution in [0.25, 0.3) is 0 Å². The molecule has 64 valence electrons. The Balaban J connectivity index is 0. The number of hydrogen-bond acceptors (Lipinski definition) is 4. The maximum atomic E-state index is 4.65. The van der Waals surface area contributed by atoms with E-state index in [9.17, 15) is 0 Å². The number of hydrogen-bond donors (Lipinski definition) is 0. The molecule has 0 rings (SSSR count). The Morgan fingerprint density at radius 2 is 1.20 bits per heavy atom. The van der Waals surface area contributed by atoms with Gasteiger partial charge in [-0.15, -0.1) is 23.5 Å². The van der Waals surface area contributed by atoms with Gasteiger partial charge in [-0.05, 0) is 12.5 Å². The molecule has 0 spiro atoms. The molecule has 0 aromatic rings. The second-order valence-corrected chi connectivity index (χ2v) is 3.02. The van der Waals surface area contributed by atoms with Gasteiger partial charge in [0.25, 0.3) is 0 Å².